The molecule has 0 radical (unpaired) electrons. The summed E-state index contributed by atoms with van der Waals surface area (Å²) in [5.41, 5.74) is -0.663. The predicted molar refractivity (Wildman–Crippen MR) is 102 cm³/mol. The molecule has 1 amide bonds. The molecule has 1 aliphatic heterocycles. The van der Waals surface area contributed by atoms with E-state index in [9.17, 15) is 28.1 Å². The third-order valence-electron chi connectivity index (χ3n) is 4.35. The summed E-state index contributed by atoms with van der Waals surface area (Å²) in [5, 5.41) is 13.2. The summed E-state index contributed by atoms with van der Waals surface area (Å²) in [6.07, 6.45) is -4.57. The lowest BCUT2D eigenvalue weighted by Gasteiger charge is -2.31. The highest BCUT2D eigenvalue weighted by atomic mass is 19.4. The highest BCUT2D eigenvalue weighted by Crippen LogP contribution is 2.35. The zero-order chi connectivity index (χ0) is 21.7. The first-order valence-electron chi connectivity index (χ1n) is 8.95. The molecule has 0 aliphatic carbocycles. The van der Waals surface area contributed by atoms with Crippen molar-refractivity contribution in [2.75, 3.05) is 43.1 Å². The highest BCUT2D eigenvalue weighted by Gasteiger charge is 2.32. The van der Waals surface area contributed by atoms with E-state index in [-0.39, 0.29) is 17.1 Å². The largest absolute Gasteiger partial charge is 0.484 e. The van der Waals surface area contributed by atoms with Gasteiger partial charge in [-0.1, -0.05) is 6.07 Å². The van der Waals surface area contributed by atoms with E-state index in [4.69, 9.17) is 9.47 Å². The maximum Gasteiger partial charge on any atom is 0.416 e. The van der Waals surface area contributed by atoms with Crippen molar-refractivity contribution < 1.29 is 32.4 Å². The second kappa shape index (κ2) is 8.99. The van der Waals surface area contributed by atoms with Crippen molar-refractivity contribution in [2.45, 2.75) is 6.18 Å². The number of hydrogen-bond acceptors (Lipinski definition) is 6. The number of morpholine rings is 1. The van der Waals surface area contributed by atoms with Crippen molar-refractivity contribution in [1.82, 2.24) is 0 Å². The average molecular weight is 425 g/mol. The number of halogens is 3. The topological polar surface area (TPSA) is 93.9 Å². The van der Waals surface area contributed by atoms with Crippen molar-refractivity contribution >= 4 is 23.0 Å². The summed E-state index contributed by atoms with van der Waals surface area (Å²) in [7, 11) is 0. The Morgan fingerprint density at radius 3 is 2.60 bits per heavy atom. The summed E-state index contributed by atoms with van der Waals surface area (Å²) in [6, 6.07) is 8.39. The van der Waals surface area contributed by atoms with E-state index in [1.165, 1.54) is 24.3 Å². The number of carbonyl (C=O) groups excluding carboxylic acids is 1. The van der Waals surface area contributed by atoms with Crippen molar-refractivity contribution in [3.63, 3.8) is 0 Å². The maximum absolute atomic E-state index is 13.1. The second-order valence-electron chi connectivity index (χ2n) is 6.42. The van der Waals surface area contributed by atoms with Crippen LogP contribution in [-0.2, 0) is 15.7 Å². The minimum Gasteiger partial charge on any atom is -0.484 e. The van der Waals surface area contributed by atoms with Crippen molar-refractivity contribution in [3.05, 3.63) is 58.1 Å². The van der Waals surface area contributed by atoms with Gasteiger partial charge in [-0.15, -0.1) is 0 Å². The molecule has 0 unspecified atom stereocenters. The van der Waals surface area contributed by atoms with E-state index in [1.807, 2.05) is 4.90 Å². The SMILES string of the molecule is O=C(COc1cccc([N+](=O)[O-])c1)Nc1cc(C(F)(F)F)ccc1N1CCOCC1. The fourth-order valence-electron chi connectivity index (χ4n) is 2.91. The third kappa shape index (κ3) is 5.38. The normalized spacial score (nSPS) is 14.3. The Labute approximate surface area is 169 Å². The summed E-state index contributed by atoms with van der Waals surface area (Å²) in [4.78, 5) is 24.3. The zero-order valence-corrected chi connectivity index (χ0v) is 15.6. The maximum atomic E-state index is 13.1. The van der Waals surface area contributed by atoms with Crippen LogP contribution in [0.15, 0.2) is 42.5 Å². The molecule has 11 heteroatoms. The number of nitro groups is 1. The fourth-order valence-corrected chi connectivity index (χ4v) is 2.91. The van der Waals surface area contributed by atoms with E-state index in [2.05, 4.69) is 5.32 Å². The molecule has 0 aromatic heterocycles. The number of rotatable bonds is 6. The smallest absolute Gasteiger partial charge is 0.416 e. The monoisotopic (exact) mass is 425 g/mol. The van der Waals surface area contributed by atoms with E-state index < -0.39 is 29.2 Å². The summed E-state index contributed by atoms with van der Waals surface area (Å²) in [5.74, 6) is -0.605. The Morgan fingerprint density at radius 1 is 1.20 bits per heavy atom. The minimum atomic E-state index is -4.57. The van der Waals surface area contributed by atoms with E-state index >= 15 is 0 Å². The number of hydrogen-bond donors (Lipinski definition) is 1. The number of alkyl halides is 3. The molecule has 0 spiro atoms. The van der Waals surface area contributed by atoms with Gasteiger partial charge in [-0.3, -0.25) is 14.9 Å². The molecule has 0 bridgehead atoms. The van der Waals surface area contributed by atoms with E-state index in [0.29, 0.717) is 32.0 Å². The van der Waals surface area contributed by atoms with Gasteiger partial charge in [0.05, 0.1) is 41.1 Å². The standard InChI is InChI=1S/C19H18F3N3O5/c20-19(21,22)13-4-5-17(24-6-8-29-9-7-24)16(10-13)23-18(26)12-30-15-3-1-2-14(11-15)25(27)28/h1-5,10-11H,6-9,12H2,(H,23,26). The van der Waals surface area contributed by atoms with Crippen molar-refractivity contribution in [2.24, 2.45) is 0 Å². The van der Waals surface area contributed by atoms with Gasteiger partial charge < -0.3 is 19.7 Å². The molecule has 1 fully saturated rings. The van der Waals surface area contributed by atoms with Crippen LogP contribution < -0.4 is 15.0 Å². The lowest BCUT2D eigenvalue weighted by molar-refractivity contribution is -0.384. The van der Waals surface area contributed by atoms with Crippen molar-refractivity contribution in [1.29, 1.82) is 0 Å². The number of anilines is 2. The van der Waals surface area contributed by atoms with Crippen LogP contribution >= 0.6 is 0 Å². The van der Waals surface area contributed by atoms with Crippen LogP contribution in [0, 0.1) is 10.1 Å². The quantitative estimate of drug-likeness (QED) is 0.563. The Kier molecular flexibility index (Phi) is 6.40. The Bertz CT molecular complexity index is 930. The van der Waals surface area contributed by atoms with Gasteiger partial charge in [0.15, 0.2) is 6.61 Å². The Hall–Kier alpha value is -3.34. The lowest BCUT2D eigenvalue weighted by atomic mass is 10.1. The van der Waals surface area contributed by atoms with Gasteiger partial charge >= 0.3 is 6.18 Å². The molecule has 1 N–H and O–H groups in total. The van der Waals surface area contributed by atoms with Gasteiger partial charge in [0, 0.05) is 19.2 Å². The molecule has 0 saturated carbocycles. The first-order valence-corrected chi connectivity index (χ1v) is 8.95. The van der Waals surface area contributed by atoms with Crippen LogP contribution in [0.1, 0.15) is 5.56 Å². The van der Waals surface area contributed by atoms with Crippen LogP contribution in [0.4, 0.5) is 30.2 Å². The Morgan fingerprint density at radius 2 is 1.93 bits per heavy atom. The Balaban J connectivity index is 1.75. The number of amides is 1. The van der Waals surface area contributed by atoms with Crippen LogP contribution in [-0.4, -0.2) is 43.7 Å². The number of non-ortho nitro benzene ring substituents is 1. The van der Waals surface area contributed by atoms with Gasteiger partial charge in [0.2, 0.25) is 0 Å². The first-order chi connectivity index (χ1) is 14.2. The molecule has 3 rings (SSSR count). The average Bonchev–Trinajstić information content (AvgIpc) is 2.72. The summed E-state index contributed by atoms with van der Waals surface area (Å²) >= 11 is 0. The molecule has 1 aliphatic rings. The highest BCUT2D eigenvalue weighted by molar-refractivity contribution is 5.95. The number of benzene rings is 2. The molecular weight excluding hydrogens is 407 g/mol. The molecule has 0 atom stereocenters. The second-order valence-corrected chi connectivity index (χ2v) is 6.42. The zero-order valence-electron chi connectivity index (χ0n) is 15.6. The number of ether oxygens (including phenoxy) is 2. The summed E-state index contributed by atoms with van der Waals surface area (Å²) in [6.45, 7) is 1.26. The van der Waals surface area contributed by atoms with Gasteiger partial charge in [-0.25, -0.2) is 0 Å². The number of carbonyl (C=O) groups is 1. The fraction of sp³-hybridized carbons (Fsp3) is 0.316. The molecule has 2 aromatic carbocycles. The van der Waals surface area contributed by atoms with Crippen LogP contribution in [0.25, 0.3) is 0 Å². The van der Waals surface area contributed by atoms with E-state index in [1.54, 1.807) is 0 Å². The van der Waals surface area contributed by atoms with E-state index in [0.717, 1.165) is 18.2 Å². The molecule has 1 saturated heterocycles. The first kappa shape index (κ1) is 21.4. The predicted octanol–water partition coefficient (Wildman–Crippen LogP) is 3.47. The number of nitrogens with one attached hydrogen (secondary N) is 1. The van der Waals surface area contributed by atoms with Crippen LogP contribution in [0.3, 0.4) is 0 Å². The minimum absolute atomic E-state index is 0.000586. The van der Waals surface area contributed by atoms with Gasteiger partial charge in [0.25, 0.3) is 11.6 Å². The van der Waals surface area contributed by atoms with Gasteiger partial charge in [0.1, 0.15) is 5.75 Å². The van der Waals surface area contributed by atoms with Crippen LogP contribution in [0.2, 0.25) is 0 Å². The van der Waals surface area contributed by atoms with Gasteiger partial charge in [-0.05, 0) is 24.3 Å². The molecule has 30 heavy (non-hydrogen) atoms. The molecule has 1 heterocycles. The molecule has 8 nitrogen and oxygen atoms in total. The summed E-state index contributed by atoms with van der Waals surface area (Å²) < 4.78 is 49.9. The lowest BCUT2D eigenvalue weighted by Crippen LogP contribution is -2.37. The van der Waals surface area contributed by atoms with Crippen molar-refractivity contribution in [3.8, 4) is 5.75 Å². The third-order valence-corrected chi connectivity index (χ3v) is 4.35. The molecular formula is C19H18F3N3O5. The number of nitro benzene ring substituents is 1. The number of nitrogens with zero attached hydrogens (tertiary/aromatic N) is 2. The van der Waals surface area contributed by atoms with Crippen LogP contribution in [0.5, 0.6) is 5.75 Å². The van der Waals surface area contributed by atoms with Gasteiger partial charge in [-0.2, -0.15) is 13.2 Å². The molecule has 160 valence electrons. The molecule has 2 aromatic rings.